The van der Waals surface area contributed by atoms with Crippen LogP contribution in [0.3, 0.4) is 0 Å². The molecule has 34 heavy (non-hydrogen) atoms. The molecule has 6 nitrogen and oxygen atoms in total. The Morgan fingerprint density at radius 3 is 2.18 bits per heavy atom. The molecule has 7 heteroatoms. The fourth-order valence-electron chi connectivity index (χ4n) is 3.53. The van der Waals surface area contributed by atoms with Crippen LogP contribution >= 0.6 is 11.8 Å². The average molecular weight is 502 g/mol. The summed E-state index contributed by atoms with van der Waals surface area (Å²) >= 11 is 1.99. The maximum atomic E-state index is 12.2. The Hall–Kier alpha value is -1.05. The Balaban J connectivity index is 0. The minimum absolute atomic E-state index is 0.115. The van der Waals surface area contributed by atoms with Crippen LogP contribution < -0.4 is 11.1 Å². The Morgan fingerprint density at radius 2 is 1.74 bits per heavy atom. The molecule has 1 heterocycles. The molecule has 202 valence electrons. The predicted octanol–water partition coefficient (Wildman–Crippen LogP) is 6.92. The van der Waals surface area contributed by atoms with Gasteiger partial charge in [0, 0.05) is 35.9 Å². The standard InChI is InChI=1S/C16H28N2O2.C7H15NS.C2H6O.C2H6/c1-5-7-8-10-13(9-6-2)17-16(19)14-11-15(12(3)4)20-18-14;1-9-7-4-2-6(8)3-5-7;1-2-3;1-2/h11-13H,5-10H2,1-4H3,(H,17,19);6-7H,2-5,8H2,1H3;3H,2H2,1H3;1-2H3/t13-;;;/m0.../s1. The summed E-state index contributed by atoms with van der Waals surface area (Å²) in [6, 6.07) is 2.50. The molecule has 1 aliphatic rings. The third-order valence-electron chi connectivity index (χ3n) is 5.51. The maximum Gasteiger partial charge on any atom is 0.273 e. The number of carbonyl (C=O) groups is 1. The summed E-state index contributed by atoms with van der Waals surface area (Å²) < 4.78 is 5.18. The molecular formula is C27H55N3O3S. The number of carbonyl (C=O) groups excluding carboxylic acids is 1. The first-order valence-corrected chi connectivity index (χ1v) is 14.8. The van der Waals surface area contributed by atoms with E-state index in [0.29, 0.717) is 11.7 Å². The Morgan fingerprint density at radius 1 is 1.15 bits per heavy atom. The van der Waals surface area contributed by atoms with Gasteiger partial charge in [0.05, 0.1) is 0 Å². The van der Waals surface area contributed by atoms with Crippen molar-refractivity contribution in [3.63, 3.8) is 0 Å². The van der Waals surface area contributed by atoms with Crippen LogP contribution in [0.2, 0.25) is 0 Å². The lowest BCUT2D eigenvalue weighted by atomic mass is 9.96. The lowest BCUT2D eigenvalue weighted by molar-refractivity contribution is 0.0922. The second-order valence-corrected chi connectivity index (χ2v) is 9.95. The minimum atomic E-state index is -0.115. The molecule has 0 radical (unpaired) electrons. The molecular weight excluding hydrogens is 446 g/mol. The van der Waals surface area contributed by atoms with Gasteiger partial charge < -0.3 is 20.7 Å². The van der Waals surface area contributed by atoms with Gasteiger partial charge >= 0.3 is 0 Å². The first-order valence-electron chi connectivity index (χ1n) is 13.5. The zero-order chi connectivity index (χ0) is 26.4. The molecule has 1 saturated carbocycles. The summed E-state index contributed by atoms with van der Waals surface area (Å²) in [5, 5.41) is 15.4. The number of nitrogens with zero attached hydrogens (tertiary/aromatic N) is 1. The zero-order valence-electron chi connectivity index (χ0n) is 23.4. The van der Waals surface area contributed by atoms with Gasteiger partial charge in [-0.1, -0.05) is 72.4 Å². The van der Waals surface area contributed by atoms with E-state index in [4.69, 9.17) is 15.4 Å². The highest BCUT2D eigenvalue weighted by Crippen LogP contribution is 2.25. The number of nitrogens with one attached hydrogen (secondary N) is 1. The smallest absolute Gasteiger partial charge is 0.273 e. The molecule has 4 N–H and O–H groups in total. The first-order chi connectivity index (χ1) is 16.3. The van der Waals surface area contributed by atoms with Gasteiger partial charge in [0.1, 0.15) is 5.76 Å². The average Bonchev–Trinajstić information content (AvgIpc) is 3.33. The molecule has 0 saturated heterocycles. The molecule has 0 bridgehead atoms. The van der Waals surface area contributed by atoms with E-state index < -0.39 is 0 Å². The van der Waals surface area contributed by atoms with Crippen LogP contribution in [0.4, 0.5) is 0 Å². The lowest BCUT2D eigenvalue weighted by Gasteiger charge is -2.24. The number of rotatable bonds is 10. The van der Waals surface area contributed by atoms with Crippen molar-refractivity contribution in [3.8, 4) is 0 Å². The van der Waals surface area contributed by atoms with Gasteiger partial charge in [0.15, 0.2) is 5.69 Å². The first kappa shape index (κ1) is 35.1. The van der Waals surface area contributed by atoms with E-state index in [-0.39, 0.29) is 24.5 Å². The molecule has 0 aliphatic heterocycles. The van der Waals surface area contributed by atoms with Gasteiger partial charge in [0.2, 0.25) is 0 Å². The summed E-state index contributed by atoms with van der Waals surface area (Å²) in [5.41, 5.74) is 6.14. The quantitative estimate of drug-likeness (QED) is 0.301. The highest BCUT2D eigenvalue weighted by Gasteiger charge is 2.18. The minimum Gasteiger partial charge on any atom is -0.397 e. The predicted molar refractivity (Wildman–Crippen MR) is 149 cm³/mol. The lowest BCUT2D eigenvalue weighted by Crippen LogP contribution is -2.35. The highest BCUT2D eigenvalue weighted by atomic mass is 32.2. The maximum absolute atomic E-state index is 12.2. The van der Waals surface area contributed by atoms with Crippen molar-refractivity contribution < 1.29 is 14.4 Å². The van der Waals surface area contributed by atoms with E-state index in [1.165, 1.54) is 38.5 Å². The number of nitrogens with two attached hydrogens (primary N) is 1. The van der Waals surface area contributed by atoms with Gasteiger partial charge in [-0.3, -0.25) is 4.79 Å². The van der Waals surface area contributed by atoms with Gasteiger partial charge in [-0.15, -0.1) is 0 Å². The third-order valence-corrected chi connectivity index (χ3v) is 6.65. The summed E-state index contributed by atoms with van der Waals surface area (Å²) in [5.74, 6) is 0.892. The number of aliphatic hydroxyl groups excluding tert-OH is 1. The molecule has 1 aromatic rings. The van der Waals surface area contributed by atoms with E-state index in [1.54, 1.807) is 13.0 Å². The van der Waals surface area contributed by atoms with Gasteiger partial charge in [0.25, 0.3) is 5.91 Å². The van der Waals surface area contributed by atoms with E-state index in [0.717, 1.165) is 36.7 Å². The van der Waals surface area contributed by atoms with Crippen molar-refractivity contribution in [2.24, 2.45) is 5.73 Å². The normalized spacial score (nSPS) is 17.9. The topological polar surface area (TPSA) is 101 Å². The molecule has 1 fully saturated rings. The van der Waals surface area contributed by atoms with E-state index >= 15 is 0 Å². The molecule has 1 amide bonds. The number of aliphatic hydroxyl groups is 1. The zero-order valence-corrected chi connectivity index (χ0v) is 24.2. The SMILES string of the molecule is CC.CCCCC[C@H](CCC)NC(=O)c1cc(C(C)C)on1.CCO.CSC1CCC(N)CC1. The molecule has 1 atom stereocenters. The van der Waals surface area contributed by atoms with Crippen LogP contribution in [0.1, 0.15) is 135 Å². The van der Waals surface area contributed by atoms with Crippen molar-refractivity contribution in [2.75, 3.05) is 12.9 Å². The summed E-state index contributed by atoms with van der Waals surface area (Å²) in [4.78, 5) is 12.2. The van der Waals surface area contributed by atoms with Crippen LogP contribution in [0.15, 0.2) is 10.6 Å². The molecule has 2 rings (SSSR count). The van der Waals surface area contributed by atoms with Crippen LogP contribution in [-0.2, 0) is 0 Å². The number of hydrogen-bond donors (Lipinski definition) is 3. The monoisotopic (exact) mass is 501 g/mol. The Labute approximate surface area is 214 Å². The van der Waals surface area contributed by atoms with Crippen molar-refractivity contribution in [2.45, 2.75) is 136 Å². The van der Waals surface area contributed by atoms with Crippen molar-refractivity contribution in [3.05, 3.63) is 17.5 Å². The van der Waals surface area contributed by atoms with E-state index in [2.05, 4.69) is 30.6 Å². The Bertz CT molecular complexity index is 573. The second-order valence-electron chi connectivity index (χ2n) is 8.81. The van der Waals surface area contributed by atoms with E-state index in [1.807, 2.05) is 39.5 Å². The van der Waals surface area contributed by atoms with E-state index in [9.17, 15) is 4.79 Å². The van der Waals surface area contributed by atoms with Crippen LogP contribution in [0.5, 0.6) is 0 Å². The van der Waals surface area contributed by atoms with Crippen LogP contribution in [0.25, 0.3) is 0 Å². The van der Waals surface area contributed by atoms with Crippen molar-refractivity contribution in [1.82, 2.24) is 10.5 Å². The molecule has 0 unspecified atom stereocenters. The molecule has 1 aliphatic carbocycles. The second kappa shape index (κ2) is 23.7. The molecule has 1 aromatic heterocycles. The van der Waals surface area contributed by atoms with Crippen LogP contribution in [-0.4, -0.2) is 46.4 Å². The number of unbranched alkanes of at least 4 members (excludes halogenated alkanes) is 2. The van der Waals surface area contributed by atoms with Gasteiger partial charge in [-0.2, -0.15) is 11.8 Å². The fraction of sp³-hybridized carbons (Fsp3) is 0.852. The number of hydrogen-bond acceptors (Lipinski definition) is 6. The number of thioether (sulfide) groups is 1. The number of amides is 1. The summed E-state index contributed by atoms with van der Waals surface area (Å²) in [6.07, 6.45) is 14.1. The van der Waals surface area contributed by atoms with Crippen LogP contribution in [0, 0.1) is 0 Å². The van der Waals surface area contributed by atoms with Crippen molar-refractivity contribution in [1.29, 1.82) is 0 Å². The summed E-state index contributed by atoms with van der Waals surface area (Å²) in [7, 11) is 0. The highest BCUT2D eigenvalue weighted by molar-refractivity contribution is 7.99. The largest absolute Gasteiger partial charge is 0.397 e. The fourth-order valence-corrected chi connectivity index (χ4v) is 4.27. The van der Waals surface area contributed by atoms with Gasteiger partial charge in [-0.05, 0) is 51.7 Å². The molecule has 0 spiro atoms. The third kappa shape index (κ3) is 17.4. The number of aromatic nitrogens is 1. The van der Waals surface area contributed by atoms with Gasteiger partial charge in [-0.25, -0.2) is 0 Å². The summed E-state index contributed by atoms with van der Waals surface area (Å²) in [6.45, 7) is 14.3. The molecule has 0 aromatic carbocycles. The van der Waals surface area contributed by atoms with Crippen molar-refractivity contribution >= 4 is 17.7 Å². The Kier molecular flexibility index (Phi) is 24.5.